The molecule has 172 valence electrons. The average Bonchev–Trinajstić information content (AvgIpc) is 3.37. The first kappa shape index (κ1) is 23.0. The number of amides is 1. The molecule has 0 saturated heterocycles. The number of nitrogens with zero attached hydrogens (tertiary/aromatic N) is 1. The van der Waals surface area contributed by atoms with Gasteiger partial charge in [-0.2, -0.15) is 0 Å². The number of hydrogen-bond donors (Lipinski definition) is 1. The summed E-state index contributed by atoms with van der Waals surface area (Å²) in [6.45, 7) is 0. The fourth-order valence-electron chi connectivity index (χ4n) is 4.57. The van der Waals surface area contributed by atoms with Crippen molar-refractivity contribution >= 4 is 11.7 Å². The molecule has 5 nitrogen and oxygen atoms in total. The van der Waals surface area contributed by atoms with Gasteiger partial charge in [0.05, 0.1) is 12.2 Å². The second-order valence-electron chi connectivity index (χ2n) is 8.95. The number of rotatable bonds is 10. The van der Waals surface area contributed by atoms with Gasteiger partial charge in [-0.3, -0.25) is 9.59 Å². The lowest BCUT2D eigenvalue weighted by atomic mass is 9.86. The molecule has 2 aromatic carbocycles. The smallest absolute Gasteiger partial charge is 0.265 e. The molecule has 3 aromatic rings. The third-order valence-corrected chi connectivity index (χ3v) is 6.50. The van der Waals surface area contributed by atoms with Gasteiger partial charge >= 0.3 is 0 Å². The van der Waals surface area contributed by atoms with Crippen LogP contribution in [-0.2, 0) is 11.2 Å². The number of nitrogens with one attached hydrogen (secondary N) is 1. The predicted octanol–water partition coefficient (Wildman–Crippen LogP) is 6.00. The number of carbonyl (C=O) groups excluding carboxylic acids is 2. The first-order valence-electron chi connectivity index (χ1n) is 12.1. The predicted molar refractivity (Wildman–Crippen MR) is 129 cm³/mol. The summed E-state index contributed by atoms with van der Waals surface area (Å²) in [6.07, 6.45) is 10.4. The quantitative estimate of drug-likeness (QED) is 0.389. The van der Waals surface area contributed by atoms with Gasteiger partial charge in [0.2, 0.25) is 11.7 Å². The molecule has 1 heterocycles. The van der Waals surface area contributed by atoms with Gasteiger partial charge in [0.25, 0.3) is 5.89 Å². The minimum absolute atomic E-state index is 0.0412. The molecular formula is C28H32N2O3. The largest absolute Gasteiger partial charge is 0.434 e. The zero-order chi connectivity index (χ0) is 22.9. The number of carbonyl (C=O) groups is 2. The van der Waals surface area contributed by atoms with Gasteiger partial charge in [0.15, 0.2) is 5.76 Å². The van der Waals surface area contributed by atoms with Crippen molar-refractivity contribution in [2.75, 3.05) is 0 Å². The molecule has 33 heavy (non-hydrogen) atoms. The van der Waals surface area contributed by atoms with E-state index in [0.29, 0.717) is 30.9 Å². The molecular weight excluding hydrogens is 412 g/mol. The maximum absolute atomic E-state index is 13.3. The molecule has 1 fully saturated rings. The summed E-state index contributed by atoms with van der Waals surface area (Å²) < 4.78 is 5.79. The van der Waals surface area contributed by atoms with E-state index >= 15 is 0 Å². The summed E-state index contributed by atoms with van der Waals surface area (Å²) in [5, 5.41) is 2.99. The van der Waals surface area contributed by atoms with Crippen LogP contribution in [0.3, 0.4) is 0 Å². The number of aromatic nitrogens is 1. The van der Waals surface area contributed by atoms with E-state index in [4.69, 9.17) is 4.42 Å². The number of benzene rings is 2. The third-order valence-electron chi connectivity index (χ3n) is 6.50. The van der Waals surface area contributed by atoms with Gasteiger partial charge in [-0.15, -0.1) is 0 Å². The summed E-state index contributed by atoms with van der Waals surface area (Å²) in [6, 6.07) is 18.9. The Hall–Kier alpha value is -3.21. The molecule has 0 aliphatic heterocycles. The van der Waals surface area contributed by atoms with E-state index < -0.39 is 6.04 Å². The van der Waals surface area contributed by atoms with Gasteiger partial charge in [-0.1, -0.05) is 92.8 Å². The number of Topliss-reactive ketones (excluding diaryl/α,β-unsaturated/α-hetero) is 1. The van der Waals surface area contributed by atoms with Crippen LogP contribution < -0.4 is 5.32 Å². The molecule has 5 heteroatoms. The molecule has 1 aliphatic rings. The Bertz CT molecular complexity index is 1020. The minimum Gasteiger partial charge on any atom is -0.434 e. The molecule has 0 radical (unpaired) electrons. The Morgan fingerprint density at radius 1 is 0.970 bits per heavy atom. The van der Waals surface area contributed by atoms with Crippen molar-refractivity contribution in [3.05, 3.63) is 78.3 Å². The molecule has 1 saturated carbocycles. The maximum Gasteiger partial charge on any atom is 0.265 e. The Balaban J connectivity index is 1.42. The van der Waals surface area contributed by atoms with Crippen molar-refractivity contribution in [3.8, 4) is 11.3 Å². The van der Waals surface area contributed by atoms with Crippen LogP contribution in [-0.4, -0.2) is 22.7 Å². The van der Waals surface area contributed by atoms with Crippen molar-refractivity contribution in [1.82, 2.24) is 10.3 Å². The van der Waals surface area contributed by atoms with Crippen LogP contribution in [0, 0.1) is 5.92 Å². The highest BCUT2D eigenvalue weighted by Gasteiger charge is 2.27. The minimum atomic E-state index is -0.661. The number of hydrogen-bond acceptors (Lipinski definition) is 4. The number of ketones is 1. The van der Waals surface area contributed by atoms with Crippen LogP contribution in [0.1, 0.15) is 67.6 Å². The van der Waals surface area contributed by atoms with E-state index in [-0.39, 0.29) is 17.6 Å². The average molecular weight is 445 g/mol. The zero-order valence-corrected chi connectivity index (χ0v) is 19.0. The fraction of sp³-hybridized carbons (Fsp3) is 0.393. The summed E-state index contributed by atoms with van der Waals surface area (Å²) in [7, 11) is 0. The van der Waals surface area contributed by atoms with E-state index in [1.54, 1.807) is 6.20 Å². The zero-order valence-electron chi connectivity index (χ0n) is 19.0. The Labute approximate surface area is 195 Å². The Kier molecular flexibility index (Phi) is 8.07. The van der Waals surface area contributed by atoms with E-state index in [2.05, 4.69) is 10.3 Å². The summed E-state index contributed by atoms with van der Waals surface area (Å²) in [4.78, 5) is 30.3. The second kappa shape index (κ2) is 11.6. The summed E-state index contributed by atoms with van der Waals surface area (Å²) >= 11 is 0. The second-order valence-corrected chi connectivity index (χ2v) is 8.95. The first-order valence-corrected chi connectivity index (χ1v) is 12.1. The van der Waals surface area contributed by atoms with Crippen LogP contribution in [0.2, 0.25) is 0 Å². The molecule has 4 rings (SSSR count). The van der Waals surface area contributed by atoms with Crippen LogP contribution in [0.25, 0.3) is 11.3 Å². The molecule has 1 unspecified atom stereocenters. The SMILES string of the molecule is O=C(CCC1CCCCC1)NC(CCc1ccccc1)C(=O)c1ncc(-c2ccccc2)o1. The van der Waals surface area contributed by atoms with Crippen LogP contribution in [0.15, 0.2) is 71.3 Å². The monoisotopic (exact) mass is 444 g/mol. The van der Waals surface area contributed by atoms with Gasteiger partial charge < -0.3 is 9.73 Å². The topological polar surface area (TPSA) is 72.2 Å². The molecule has 1 amide bonds. The van der Waals surface area contributed by atoms with Crippen molar-refractivity contribution in [1.29, 1.82) is 0 Å². The van der Waals surface area contributed by atoms with Gasteiger partial charge in [-0.05, 0) is 30.7 Å². The molecule has 1 aromatic heterocycles. The fourth-order valence-corrected chi connectivity index (χ4v) is 4.57. The van der Waals surface area contributed by atoms with Gasteiger partial charge in [0, 0.05) is 12.0 Å². The van der Waals surface area contributed by atoms with Gasteiger partial charge in [-0.25, -0.2) is 4.98 Å². The summed E-state index contributed by atoms with van der Waals surface area (Å²) in [5.74, 6) is 0.868. The van der Waals surface area contributed by atoms with E-state index in [1.165, 1.54) is 32.1 Å². The van der Waals surface area contributed by atoms with E-state index in [9.17, 15) is 9.59 Å². The van der Waals surface area contributed by atoms with Crippen LogP contribution in [0.4, 0.5) is 0 Å². The lowest BCUT2D eigenvalue weighted by Crippen LogP contribution is -2.41. The highest BCUT2D eigenvalue weighted by molar-refractivity contribution is 5.98. The van der Waals surface area contributed by atoms with Crippen LogP contribution in [0.5, 0.6) is 0 Å². The Morgan fingerprint density at radius 2 is 1.67 bits per heavy atom. The Morgan fingerprint density at radius 3 is 2.39 bits per heavy atom. The van der Waals surface area contributed by atoms with Crippen molar-refractivity contribution in [2.45, 2.75) is 63.8 Å². The van der Waals surface area contributed by atoms with Crippen LogP contribution >= 0.6 is 0 Å². The normalized spacial score (nSPS) is 15.2. The third kappa shape index (κ3) is 6.64. The van der Waals surface area contributed by atoms with Crippen molar-refractivity contribution < 1.29 is 14.0 Å². The van der Waals surface area contributed by atoms with Crippen molar-refractivity contribution in [3.63, 3.8) is 0 Å². The van der Waals surface area contributed by atoms with E-state index in [0.717, 1.165) is 17.5 Å². The maximum atomic E-state index is 13.3. The number of aryl methyl sites for hydroxylation is 1. The standard InChI is InChI=1S/C28H32N2O3/c31-26(19-17-22-12-6-2-7-13-22)30-24(18-16-21-10-4-1-5-11-21)27(32)28-29-20-25(33-28)23-14-8-3-9-15-23/h1,3-5,8-11,14-15,20,22,24H,2,6-7,12-13,16-19H2,(H,30,31). The molecule has 1 N–H and O–H groups in total. The molecule has 1 aliphatic carbocycles. The molecule has 1 atom stereocenters. The lowest BCUT2D eigenvalue weighted by Gasteiger charge is -2.22. The van der Waals surface area contributed by atoms with Gasteiger partial charge in [0.1, 0.15) is 0 Å². The summed E-state index contributed by atoms with van der Waals surface area (Å²) in [5.41, 5.74) is 1.99. The first-order chi connectivity index (χ1) is 16.2. The number of oxazole rings is 1. The lowest BCUT2D eigenvalue weighted by molar-refractivity contribution is -0.122. The van der Waals surface area contributed by atoms with E-state index in [1.807, 2.05) is 60.7 Å². The highest BCUT2D eigenvalue weighted by Crippen LogP contribution is 2.27. The van der Waals surface area contributed by atoms with Crippen molar-refractivity contribution in [2.24, 2.45) is 5.92 Å². The molecule has 0 bridgehead atoms. The molecule has 0 spiro atoms. The highest BCUT2D eigenvalue weighted by atomic mass is 16.4.